The van der Waals surface area contributed by atoms with Gasteiger partial charge in [-0.15, -0.1) is 0 Å². The lowest BCUT2D eigenvalue weighted by Crippen LogP contribution is -2.55. The summed E-state index contributed by atoms with van der Waals surface area (Å²) < 4.78 is 0. The van der Waals surface area contributed by atoms with E-state index in [-0.39, 0.29) is 24.4 Å². The van der Waals surface area contributed by atoms with Gasteiger partial charge in [-0.1, -0.05) is 30.3 Å². The molecule has 0 aliphatic heterocycles. The number of aliphatic carboxylic acids is 1. The summed E-state index contributed by atoms with van der Waals surface area (Å²) in [6.45, 7) is 6.19. The quantitative estimate of drug-likeness (QED) is 0.317. The van der Waals surface area contributed by atoms with Gasteiger partial charge >= 0.3 is 12.0 Å². The molecule has 0 bridgehead atoms. The molecule has 3 amide bonds. The van der Waals surface area contributed by atoms with Gasteiger partial charge in [-0.05, 0) is 88.1 Å². The van der Waals surface area contributed by atoms with Crippen molar-refractivity contribution in [3.63, 3.8) is 0 Å². The van der Waals surface area contributed by atoms with Crippen molar-refractivity contribution in [2.75, 3.05) is 10.6 Å². The van der Waals surface area contributed by atoms with Crippen LogP contribution in [0.3, 0.4) is 0 Å². The maximum Gasteiger partial charge on any atom is 0.323 e. The number of carbonyl (C=O) groups excluding carboxylic acids is 2. The Bertz CT molecular complexity index is 1040. The minimum atomic E-state index is -0.746. The van der Waals surface area contributed by atoms with Gasteiger partial charge in [-0.25, -0.2) is 4.79 Å². The van der Waals surface area contributed by atoms with E-state index in [1.165, 1.54) is 0 Å². The van der Waals surface area contributed by atoms with Crippen LogP contribution in [-0.4, -0.2) is 34.6 Å². The van der Waals surface area contributed by atoms with Crippen molar-refractivity contribution >= 4 is 29.3 Å². The van der Waals surface area contributed by atoms with Gasteiger partial charge in [0, 0.05) is 30.4 Å². The molecule has 2 aromatic carbocycles. The SMILES string of the molecule is Cc1ccccc1NC(=O)Nc1ccc(CNC(C)(C)C(=O)NC2CCC(CCC(=O)O)CC2)cc1. The van der Waals surface area contributed by atoms with Crippen molar-refractivity contribution in [3.05, 3.63) is 59.7 Å². The predicted octanol–water partition coefficient (Wildman–Crippen LogP) is 5.05. The first-order valence-electron chi connectivity index (χ1n) is 12.6. The Labute approximate surface area is 213 Å². The summed E-state index contributed by atoms with van der Waals surface area (Å²) in [4.78, 5) is 36.0. The second kappa shape index (κ2) is 12.5. The molecule has 194 valence electrons. The average Bonchev–Trinajstić information content (AvgIpc) is 2.84. The molecule has 0 aromatic heterocycles. The third-order valence-corrected chi connectivity index (χ3v) is 6.86. The highest BCUT2D eigenvalue weighted by atomic mass is 16.4. The average molecular weight is 495 g/mol. The Morgan fingerprint density at radius 1 is 0.944 bits per heavy atom. The largest absolute Gasteiger partial charge is 0.481 e. The summed E-state index contributed by atoms with van der Waals surface area (Å²) in [6.07, 6.45) is 4.62. The molecule has 8 nitrogen and oxygen atoms in total. The monoisotopic (exact) mass is 494 g/mol. The molecule has 36 heavy (non-hydrogen) atoms. The number of carboxylic acid groups (broad SMARTS) is 1. The topological polar surface area (TPSA) is 120 Å². The lowest BCUT2D eigenvalue weighted by Gasteiger charge is -2.32. The highest BCUT2D eigenvalue weighted by molar-refractivity contribution is 6.00. The number of rotatable bonds is 10. The highest BCUT2D eigenvalue weighted by Gasteiger charge is 2.30. The Balaban J connectivity index is 1.42. The molecule has 0 heterocycles. The predicted molar refractivity (Wildman–Crippen MR) is 142 cm³/mol. The highest BCUT2D eigenvalue weighted by Crippen LogP contribution is 2.28. The van der Waals surface area contributed by atoms with Gasteiger partial charge in [0.05, 0.1) is 5.54 Å². The zero-order chi connectivity index (χ0) is 26.1. The molecular formula is C28H38N4O4. The lowest BCUT2D eigenvalue weighted by molar-refractivity contribution is -0.137. The van der Waals surface area contributed by atoms with Crippen LogP contribution in [0.1, 0.15) is 63.5 Å². The van der Waals surface area contributed by atoms with E-state index in [1.54, 1.807) is 0 Å². The number of aryl methyl sites for hydroxylation is 1. The van der Waals surface area contributed by atoms with Gasteiger partial charge in [-0.2, -0.15) is 0 Å². The smallest absolute Gasteiger partial charge is 0.323 e. The number of nitrogens with one attached hydrogen (secondary N) is 4. The Morgan fingerprint density at radius 2 is 1.61 bits per heavy atom. The fraction of sp³-hybridized carbons (Fsp3) is 0.464. The Kier molecular flexibility index (Phi) is 9.47. The van der Waals surface area contributed by atoms with Crippen molar-refractivity contribution in [1.82, 2.24) is 10.6 Å². The van der Waals surface area contributed by atoms with Crippen molar-refractivity contribution < 1.29 is 19.5 Å². The van der Waals surface area contributed by atoms with Gasteiger partial charge < -0.3 is 21.1 Å². The number of benzene rings is 2. The zero-order valence-corrected chi connectivity index (χ0v) is 21.4. The van der Waals surface area contributed by atoms with Crippen LogP contribution in [0.15, 0.2) is 48.5 Å². The van der Waals surface area contributed by atoms with Crippen LogP contribution in [-0.2, 0) is 16.1 Å². The number of carboxylic acids is 1. The number of carbonyl (C=O) groups is 3. The minimum Gasteiger partial charge on any atom is -0.481 e. The normalized spacial score (nSPS) is 17.8. The van der Waals surface area contributed by atoms with Crippen LogP contribution in [0, 0.1) is 12.8 Å². The third-order valence-electron chi connectivity index (χ3n) is 6.86. The first-order valence-corrected chi connectivity index (χ1v) is 12.6. The van der Waals surface area contributed by atoms with Crippen molar-refractivity contribution in [3.8, 4) is 0 Å². The van der Waals surface area contributed by atoms with Crippen LogP contribution in [0.25, 0.3) is 0 Å². The van der Waals surface area contributed by atoms with E-state index in [9.17, 15) is 14.4 Å². The van der Waals surface area contributed by atoms with Crippen LogP contribution in [0.2, 0.25) is 0 Å². The molecule has 1 fully saturated rings. The summed E-state index contributed by atoms with van der Waals surface area (Å²) >= 11 is 0. The minimum absolute atomic E-state index is 0.0392. The molecule has 1 aliphatic rings. The van der Waals surface area contributed by atoms with Crippen LogP contribution < -0.4 is 21.3 Å². The lowest BCUT2D eigenvalue weighted by atomic mass is 9.83. The molecule has 0 saturated heterocycles. The molecule has 0 atom stereocenters. The molecule has 2 aromatic rings. The van der Waals surface area contributed by atoms with E-state index in [0.29, 0.717) is 24.6 Å². The van der Waals surface area contributed by atoms with E-state index in [1.807, 2.05) is 69.3 Å². The van der Waals surface area contributed by atoms with Gasteiger partial charge in [-0.3, -0.25) is 14.9 Å². The molecule has 0 radical (unpaired) electrons. The van der Waals surface area contributed by atoms with Crippen molar-refractivity contribution in [1.29, 1.82) is 0 Å². The zero-order valence-electron chi connectivity index (χ0n) is 21.4. The Hall–Kier alpha value is -3.39. The number of para-hydroxylation sites is 1. The summed E-state index contributed by atoms with van der Waals surface area (Å²) in [7, 11) is 0. The van der Waals surface area contributed by atoms with Crippen molar-refractivity contribution in [2.45, 2.75) is 77.4 Å². The number of anilines is 2. The van der Waals surface area contributed by atoms with Gasteiger partial charge in [0.1, 0.15) is 0 Å². The van der Waals surface area contributed by atoms with Gasteiger partial charge in [0.2, 0.25) is 5.91 Å². The van der Waals surface area contributed by atoms with E-state index >= 15 is 0 Å². The first-order chi connectivity index (χ1) is 17.1. The molecule has 5 N–H and O–H groups in total. The summed E-state index contributed by atoms with van der Waals surface area (Å²) in [5.74, 6) is -0.346. The molecule has 0 spiro atoms. The summed E-state index contributed by atoms with van der Waals surface area (Å²) in [5, 5.41) is 21.0. The second-order valence-corrected chi connectivity index (χ2v) is 10.2. The maximum atomic E-state index is 12.9. The number of hydrogen-bond donors (Lipinski definition) is 5. The molecule has 8 heteroatoms. The second-order valence-electron chi connectivity index (χ2n) is 10.2. The fourth-order valence-electron chi connectivity index (χ4n) is 4.40. The van der Waals surface area contributed by atoms with E-state index in [4.69, 9.17) is 5.11 Å². The molecule has 1 saturated carbocycles. The van der Waals surface area contributed by atoms with Gasteiger partial charge in [0.25, 0.3) is 0 Å². The van der Waals surface area contributed by atoms with Crippen molar-refractivity contribution in [2.24, 2.45) is 5.92 Å². The van der Waals surface area contributed by atoms with E-state index in [2.05, 4.69) is 21.3 Å². The summed E-state index contributed by atoms with van der Waals surface area (Å²) in [5.41, 5.74) is 2.69. The van der Waals surface area contributed by atoms with E-state index < -0.39 is 11.5 Å². The van der Waals surface area contributed by atoms with E-state index in [0.717, 1.165) is 42.5 Å². The maximum absolute atomic E-state index is 12.9. The molecule has 1 aliphatic carbocycles. The molecule has 3 rings (SSSR count). The van der Waals surface area contributed by atoms with Crippen LogP contribution in [0.5, 0.6) is 0 Å². The van der Waals surface area contributed by atoms with Crippen LogP contribution in [0.4, 0.5) is 16.2 Å². The molecule has 0 unspecified atom stereocenters. The number of hydrogen-bond acceptors (Lipinski definition) is 4. The number of urea groups is 1. The van der Waals surface area contributed by atoms with Crippen LogP contribution >= 0.6 is 0 Å². The summed E-state index contributed by atoms with van der Waals surface area (Å²) in [6, 6.07) is 14.9. The third kappa shape index (κ3) is 8.37. The standard InChI is InChI=1S/C28H38N4O4/c1-19-6-4-5-7-24(19)32-27(36)31-23-15-10-21(11-16-23)18-29-28(2,3)26(35)30-22-13-8-20(9-14-22)12-17-25(33)34/h4-7,10-11,15-16,20,22,29H,8-9,12-14,17-18H2,1-3H3,(H,30,35)(H,33,34)(H2,31,32,36). The first kappa shape index (κ1) is 27.2. The fourth-order valence-corrected chi connectivity index (χ4v) is 4.40. The Morgan fingerprint density at radius 3 is 2.25 bits per heavy atom. The number of amides is 3. The van der Waals surface area contributed by atoms with Gasteiger partial charge in [0.15, 0.2) is 0 Å². The molecular weight excluding hydrogens is 456 g/mol.